The summed E-state index contributed by atoms with van der Waals surface area (Å²) in [6, 6.07) is 1.98. The van der Waals surface area contributed by atoms with Crippen LogP contribution < -0.4 is 10.7 Å². The molecule has 50 valence electrons. The first-order chi connectivity index (χ1) is 4.97. The Balaban J connectivity index is 2.82. The Kier molecular flexibility index (Phi) is 1.17. The van der Waals surface area contributed by atoms with Crippen molar-refractivity contribution in [1.29, 1.82) is 0 Å². The van der Waals surface area contributed by atoms with Gasteiger partial charge in [0.05, 0.1) is 17.3 Å². The molecule has 0 fully saturated rings. The van der Waals surface area contributed by atoms with E-state index in [1.54, 1.807) is 0 Å². The van der Waals surface area contributed by atoms with E-state index >= 15 is 0 Å². The van der Waals surface area contributed by atoms with Gasteiger partial charge in [0.1, 0.15) is 0 Å². The van der Waals surface area contributed by atoms with Gasteiger partial charge in [-0.15, -0.1) is 0 Å². The molecular weight excluding hydrogens is 124 g/mol. The molecule has 0 bridgehead atoms. The normalized spacial score (nSPS) is 14.8. The fraction of sp³-hybridized carbons (Fsp3) is 0.125. The van der Waals surface area contributed by atoms with Crippen LogP contribution in [0.15, 0.2) is 29.4 Å². The highest BCUT2D eigenvalue weighted by atomic mass is 14.8. The Morgan fingerprint density at radius 2 is 2.50 bits per heavy atom. The molecule has 10 heavy (non-hydrogen) atoms. The van der Waals surface area contributed by atoms with E-state index in [1.165, 1.54) is 0 Å². The molecule has 1 aliphatic heterocycles. The average molecular weight is 132 g/mol. The van der Waals surface area contributed by atoms with Crippen molar-refractivity contribution in [3.63, 3.8) is 0 Å². The number of fused-ring (bicyclic) bond motifs is 1. The van der Waals surface area contributed by atoms with Gasteiger partial charge in [0, 0.05) is 6.20 Å². The van der Waals surface area contributed by atoms with E-state index in [-0.39, 0.29) is 0 Å². The van der Waals surface area contributed by atoms with Gasteiger partial charge in [0.15, 0.2) is 0 Å². The number of aromatic nitrogens is 1. The van der Waals surface area contributed by atoms with E-state index < -0.39 is 0 Å². The van der Waals surface area contributed by atoms with Gasteiger partial charge in [0.25, 0.3) is 0 Å². The Morgan fingerprint density at radius 3 is 3.50 bits per heavy atom. The highest BCUT2D eigenvalue weighted by molar-refractivity contribution is 5.35. The van der Waals surface area contributed by atoms with Crippen LogP contribution in [0.2, 0.25) is 0 Å². The van der Waals surface area contributed by atoms with E-state index in [1.807, 2.05) is 30.5 Å². The predicted molar refractivity (Wildman–Crippen MR) is 40.0 cm³/mol. The van der Waals surface area contributed by atoms with Gasteiger partial charge in [-0.25, -0.2) is 0 Å². The Bertz CT molecular complexity index is 357. The molecular formula is C8H8N2. The number of nitrogens with one attached hydrogen (secondary N) is 1. The number of aromatic amines is 1. The molecule has 0 unspecified atom stereocenters. The smallest absolute Gasteiger partial charge is 0.0827 e. The first-order valence-corrected chi connectivity index (χ1v) is 3.31. The maximum atomic E-state index is 4.30. The summed E-state index contributed by atoms with van der Waals surface area (Å²) in [6.45, 7) is 0.793. The zero-order valence-electron chi connectivity index (χ0n) is 5.54. The topological polar surface area (TPSA) is 28.1 Å². The second-order valence-corrected chi connectivity index (χ2v) is 2.21. The van der Waals surface area contributed by atoms with Crippen LogP contribution in [0.1, 0.15) is 0 Å². The monoisotopic (exact) mass is 132 g/mol. The van der Waals surface area contributed by atoms with Gasteiger partial charge >= 0.3 is 0 Å². The maximum Gasteiger partial charge on any atom is 0.0827 e. The van der Waals surface area contributed by atoms with Crippen LogP contribution in [0.4, 0.5) is 0 Å². The quantitative estimate of drug-likeness (QED) is 0.514. The molecule has 0 atom stereocenters. The molecule has 0 spiro atoms. The van der Waals surface area contributed by atoms with Crippen molar-refractivity contribution in [2.24, 2.45) is 4.99 Å². The molecule has 0 radical (unpaired) electrons. The minimum absolute atomic E-state index is 0.793. The maximum absolute atomic E-state index is 4.30. The van der Waals surface area contributed by atoms with Gasteiger partial charge in [-0.05, 0) is 12.1 Å². The first kappa shape index (κ1) is 5.47. The zero-order chi connectivity index (χ0) is 6.81. The van der Waals surface area contributed by atoms with Gasteiger partial charge in [-0.1, -0.05) is 12.2 Å². The lowest BCUT2D eigenvalue weighted by molar-refractivity contribution is 1.14. The van der Waals surface area contributed by atoms with Gasteiger partial charge < -0.3 is 4.98 Å². The summed E-state index contributed by atoms with van der Waals surface area (Å²) in [5, 5.41) is 2.17. The standard InChI is InChI=1S/C8H8N2/c1-2-5-9-8-4-6-10-7(8)3-1/h1-4,6,10H,5H2. The highest BCUT2D eigenvalue weighted by Gasteiger charge is 1.86. The predicted octanol–water partition coefficient (Wildman–Crippen LogP) is -0.0154. The van der Waals surface area contributed by atoms with E-state index in [2.05, 4.69) is 9.98 Å². The van der Waals surface area contributed by atoms with E-state index in [0.29, 0.717) is 0 Å². The molecule has 1 N–H and O–H groups in total. The molecule has 1 aliphatic rings. The molecule has 2 rings (SSSR count). The van der Waals surface area contributed by atoms with Crippen LogP contribution in [-0.4, -0.2) is 11.5 Å². The van der Waals surface area contributed by atoms with Crippen molar-refractivity contribution in [2.45, 2.75) is 0 Å². The Morgan fingerprint density at radius 1 is 1.50 bits per heavy atom. The third kappa shape index (κ3) is 0.778. The molecule has 0 aliphatic carbocycles. The Labute approximate surface area is 58.6 Å². The van der Waals surface area contributed by atoms with E-state index in [9.17, 15) is 0 Å². The van der Waals surface area contributed by atoms with Crippen molar-refractivity contribution < 1.29 is 0 Å². The Hall–Kier alpha value is -1.31. The molecule has 0 saturated heterocycles. The second-order valence-electron chi connectivity index (χ2n) is 2.21. The summed E-state index contributed by atoms with van der Waals surface area (Å²) in [6.07, 6.45) is 8.00. The number of hydrogen-bond donors (Lipinski definition) is 1. The highest BCUT2D eigenvalue weighted by Crippen LogP contribution is 1.78. The minimum atomic E-state index is 0.793. The number of hydrogen-bond acceptors (Lipinski definition) is 1. The molecule has 2 nitrogen and oxygen atoms in total. The average Bonchev–Trinajstić information content (AvgIpc) is 2.28. The molecule has 0 amide bonds. The molecule has 2 heteroatoms. The van der Waals surface area contributed by atoms with Gasteiger partial charge in [0.2, 0.25) is 0 Å². The molecule has 1 aromatic heterocycles. The van der Waals surface area contributed by atoms with Crippen LogP contribution in [0, 0.1) is 0 Å². The van der Waals surface area contributed by atoms with Gasteiger partial charge in [-0.2, -0.15) is 0 Å². The van der Waals surface area contributed by atoms with Crippen molar-refractivity contribution in [3.8, 4) is 0 Å². The molecule has 2 heterocycles. The third-order valence-corrected chi connectivity index (χ3v) is 1.52. The minimum Gasteiger partial charge on any atom is -0.360 e. The van der Waals surface area contributed by atoms with Crippen LogP contribution >= 0.6 is 0 Å². The lowest BCUT2D eigenvalue weighted by Crippen LogP contribution is -2.21. The SMILES string of the molecule is C1=CCN=c2cc[nH]c2=C1. The third-order valence-electron chi connectivity index (χ3n) is 1.52. The second kappa shape index (κ2) is 2.14. The number of allylic oxidation sites excluding steroid dienone is 1. The van der Waals surface area contributed by atoms with Crippen LogP contribution in [0.3, 0.4) is 0 Å². The summed E-state index contributed by atoms with van der Waals surface area (Å²) in [7, 11) is 0. The lowest BCUT2D eigenvalue weighted by atomic mass is 10.4. The summed E-state index contributed by atoms with van der Waals surface area (Å²) in [5.74, 6) is 0. The largest absolute Gasteiger partial charge is 0.360 e. The summed E-state index contributed by atoms with van der Waals surface area (Å²) in [5.41, 5.74) is 0. The summed E-state index contributed by atoms with van der Waals surface area (Å²) < 4.78 is 0. The van der Waals surface area contributed by atoms with Crippen molar-refractivity contribution in [1.82, 2.24) is 4.98 Å². The van der Waals surface area contributed by atoms with Crippen LogP contribution in [0.25, 0.3) is 6.08 Å². The van der Waals surface area contributed by atoms with Gasteiger partial charge in [-0.3, -0.25) is 4.99 Å². The fourth-order valence-electron chi connectivity index (χ4n) is 1.02. The zero-order valence-corrected chi connectivity index (χ0v) is 5.54. The van der Waals surface area contributed by atoms with E-state index in [4.69, 9.17) is 0 Å². The molecule has 0 aromatic carbocycles. The van der Waals surface area contributed by atoms with E-state index in [0.717, 1.165) is 17.3 Å². The molecule has 0 saturated carbocycles. The van der Waals surface area contributed by atoms with Crippen molar-refractivity contribution in [2.75, 3.05) is 6.54 Å². The van der Waals surface area contributed by atoms with Crippen molar-refractivity contribution >= 4 is 6.08 Å². The lowest BCUT2D eigenvalue weighted by Gasteiger charge is -1.74. The summed E-state index contributed by atoms with van der Waals surface area (Å²) >= 11 is 0. The number of H-pyrrole nitrogens is 1. The molecule has 1 aromatic rings. The van der Waals surface area contributed by atoms with Crippen LogP contribution in [0.5, 0.6) is 0 Å². The van der Waals surface area contributed by atoms with Crippen LogP contribution in [-0.2, 0) is 0 Å². The number of nitrogens with zero attached hydrogens (tertiary/aromatic N) is 1. The van der Waals surface area contributed by atoms with Crippen molar-refractivity contribution in [3.05, 3.63) is 35.1 Å². The fourth-order valence-corrected chi connectivity index (χ4v) is 1.02. The number of rotatable bonds is 0. The summed E-state index contributed by atoms with van der Waals surface area (Å²) in [4.78, 5) is 7.39. The first-order valence-electron chi connectivity index (χ1n) is 3.31.